The molecular weight excluding hydrogens is 218 g/mol. The van der Waals surface area contributed by atoms with Gasteiger partial charge in [-0.05, 0) is 12.1 Å². The van der Waals surface area contributed by atoms with Gasteiger partial charge < -0.3 is 9.84 Å². The smallest absolute Gasteiger partial charge is 0.251 e. The first-order valence-corrected chi connectivity index (χ1v) is 5.39. The van der Waals surface area contributed by atoms with Gasteiger partial charge >= 0.3 is 0 Å². The standard InChI is InChI=1S/C12H13N3O2/c1-3-10-14-11(15-17-10)8-5-4-6-9(7-8)12(16)13-2/h4-7H,3H2,1-2H3,(H,13,16). The van der Waals surface area contributed by atoms with Crippen LogP contribution in [0, 0.1) is 0 Å². The lowest BCUT2D eigenvalue weighted by molar-refractivity contribution is 0.0963. The zero-order valence-corrected chi connectivity index (χ0v) is 9.73. The molecule has 88 valence electrons. The number of hydrogen-bond donors (Lipinski definition) is 1. The summed E-state index contributed by atoms with van der Waals surface area (Å²) in [6.45, 7) is 1.94. The van der Waals surface area contributed by atoms with E-state index in [4.69, 9.17) is 4.52 Å². The number of benzene rings is 1. The Morgan fingerprint density at radius 3 is 2.94 bits per heavy atom. The summed E-state index contributed by atoms with van der Waals surface area (Å²) in [6, 6.07) is 7.12. The van der Waals surface area contributed by atoms with Crippen molar-refractivity contribution in [1.82, 2.24) is 15.5 Å². The summed E-state index contributed by atoms with van der Waals surface area (Å²) in [6.07, 6.45) is 0.697. The number of rotatable bonds is 3. The van der Waals surface area contributed by atoms with Crippen molar-refractivity contribution in [1.29, 1.82) is 0 Å². The van der Waals surface area contributed by atoms with Crippen molar-refractivity contribution in [3.8, 4) is 11.4 Å². The van der Waals surface area contributed by atoms with E-state index in [1.807, 2.05) is 13.0 Å². The minimum absolute atomic E-state index is 0.133. The largest absolute Gasteiger partial charge is 0.355 e. The van der Waals surface area contributed by atoms with Gasteiger partial charge in [0.05, 0.1) is 0 Å². The average Bonchev–Trinajstić information content (AvgIpc) is 2.86. The van der Waals surface area contributed by atoms with Crippen molar-refractivity contribution >= 4 is 5.91 Å². The maximum Gasteiger partial charge on any atom is 0.251 e. The molecule has 0 unspecified atom stereocenters. The van der Waals surface area contributed by atoms with Crippen molar-refractivity contribution in [2.45, 2.75) is 13.3 Å². The number of carbonyl (C=O) groups is 1. The van der Waals surface area contributed by atoms with E-state index in [-0.39, 0.29) is 5.91 Å². The zero-order chi connectivity index (χ0) is 12.3. The fraction of sp³-hybridized carbons (Fsp3) is 0.250. The highest BCUT2D eigenvalue weighted by Crippen LogP contribution is 2.17. The molecule has 1 N–H and O–H groups in total. The van der Waals surface area contributed by atoms with Crippen LogP contribution in [-0.2, 0) is 6.42 Å². The molecule has 0 bridgehead atoms. The van der Waals surface area contributed by atoms with E-state index in [1.165, 1.54) is 0 Å². The van der Waals surface area contributed by atoms with Gasteiger partial charge in [-0.25, -0.2) is 0 Å². The first-order chi connectivity index (χ1) is 8.24. The van der Waals surface area contributed by atoms with Crippen LogP contribution in [0.4, 0.5) is 0 Å². The molecule has 0 aliphatic rings. The van der Waals surface area contributed by atoms with E-state index in [0.29, 0.717) is 23.7 Å². The highest BCUT2D eigenvalue weighted by atomic mass is 16.5. The normalized spacial score (nSPS) is 10.2. The predicted octanol–water partition coefficient (Wildman–Crippen LogP) is 1.66. The number of carbonyl (C=O) groups excluding carboxylic acids is 1. The molecule has 1 amide bonds. The summed E-state index contributed by atoms with van der Waals surface area (Å²) < 4.78 is 5.03. The molecule has 0 radical (unpaired) electrons. The van der Waals surface area contributed by atoms with E-state index in [9.17, 15) is 4.79 Å². The topological polar surface area (TPSA) is 68.0 Å². The van der Waals surface area contributed by atoms with Gasteiger partial charge in [-0.1, -0.05) is 24.2 Å². The molecule has 2 aromatic rings. The Kier molecular flexibility index (Phi) is 3.18. The third-order valence-electron chi connectivity index (χ3n) is 2.38. The quantitative estimate of drug-likeness (QED) is 0.872. The third kappa shape index (κ3) is 2.33. The van der Waals surface area contributed by atoms with Crippen molar-refractivity contribution in [2.75, 3.05) is 7.05 Å². The van der Waals surface area contributed by atoms with Gasteiger partial charge in [0.25, 0.3) is 5.91 Å². The van der Waals surface area contributed by atoms with Crippen LogP contribution >= 0.6 is 0 Å². The number of aryl methyl sites for hydroxylation is 1. The minimum Gasteiger partial charge on any atom is -0.355 e. The molecule has 0 saturated heterocycles. The van der Waals surface area contributed by atoms with Crippen LogP contribution in [-0.4, -0.2) is 23.1 Å². The Morgan fingerprint density at radius 1 is 1.47 bits per heavy atom. The molecule has 0 aliphatic carbocycles. The van der Waals surface area contributed by atoms with Crippen LogP contribution in [0.3, 0.4) is 0 Å². The van der Waals surface area contributed by atoms with Gasteiger partial charge in [-0.3, -0.25) is 4.79 Å². The molecule has 1 aromatic heterocycles. The molecule has 0 fully saturated rings. The van der Waals surface area contributed by atoms with Crippen LogP contribution in [0.1, 0.15) is 23.2 Å². The van der Waals surface area contributed by atoms with Crippen LogP contribution in [0.25, 0.3) is 11.4 Å². The molecule has 5 nitrogen and oxygen atoms in total. The van der Waals surface area contributed by atoms with Gasteiger partial charge in [0.2, 0.25) is 11.7 Å². The Hall–Kier alpha value is -2.17. The van der Waals surface area contributed by atoms with Crippen molar-refractivity contribution in [2.24, 2.45) is 0 Å². The Morgan fingerprint density at radius 2 is 2.29 bits per heavy atom. The van der Waals surface area contributed by atoms with Crippen molar-refractivity contribution in [3.63, 3.8) is 0 Å². The van der Waals surface area contributed by atoms with E-state index in [2.05, 4.69) is 15.5 Å². The summed E-state index contributed by atoms with van der Waals surface area (Å²) >= 11 is 0. The second kappa shape index (κ2) is 4.78. The molecular formula is C12H13N3O2. The molecule has 0 spiro atoms. The molecule has 17 heavy (non-hydrogen) atoms. The summed E-state index contributed by atoms with van der Waals surface area (Å²) in [5.74, 6) is 0.962. The number of nitrogens with zero attached hydrogens (tertiary/aromatic N) is 2. The van der Waals surface area contributed by atoms with Gasteiger partial charge in [-0.2, -0.15) is 4.98 Å². The summed E-state index contributed by atoms with van der Waals surface area (Å²) in [7, 11) is 1.60. The lowest BCUT2D eigenvalue weighted by Crippen LogP contribution is -2.17. The van der Waals surface area contributed by atoms with Crippen LogP contribution in [0.5, 0.6) is 0 Å². The molecule has 2 rings (SSSR count). The first kappa shape index (κ1) is 11.3. The lowest BCUT2D eigenvalue weighted by Gasteiger charge is -2.00. The lowest BCUT2D eigenvalue weighted by atomic mass is 10.1. The van der Waals surface area contributed by atoms with Gasteiger partial charge in [0, 0.05) is 24.6 Å². The minimum atomic E-state index is -0.133. The van der Waals surface area contributed by atoms with Crippen LogP contribution < -0.4 is 5.32 Å². The first-order valence-electron chi connectivity index (χ1n) is 5.39. The fourth-order valence-corrected chi connectivity index (χ4v) is 1.46. The fourth-order valence-electron chi connectivity index (χ4n) is 1.46. The Balaban J connectivity index is 2.35. The van der Waals surface area contributed by atoms with Crippen molar-refractivity contribution < 1.29 is 9.32 Å². The molecule has 5 heteroatoms. The summed E-state index contributed by atoms with van der Waals surface area (Å²) in [4.78, 5) is 15.7. The van der Waals surface area contributed by atoms with E-state index < -0.39 is 0 Å². The summed E-state index contributed by atoms with van der Waals surface area (Å²) in [5.41, 5.74) is 1.35. The zero-order valence-electron chi connectivity index (χ0n) is 9.73. The number of nitrogens with one attached hydrogen (secondary N) is 1. The monoisotopic (exact) mass is 231 g/mol. The molecule has 1 heterocycles. The molecule has 1 aromatic carbocycles. The second-order valence-corrected chi connectivity index (χ2v) is 3.53. The van der Waals surface area contributed by atoms with Gasteiger partial charge in [-0.15, -0.1) is 0 Å². The highest BCUT2D eigenvalue weighted by Gasteiger charge is 2.09. The molecule has 0 aliphatic heterocycles. The van der Waals surface area contributed by atoms with Crippen LogP contribution in [0.15, 0.2) is 28.8 Å². The summed E-state index contributed by atoms with van der Waals surface area (Å²) in [5, 5.41) is 6.44. The second-order valence-electron chi connectivity index (χ2n) is 3.53. The van der Waals surface area contributed by atoms with E-state index >= 15 is 0 Å². The van der Waals surface area contributed by atoms with Crippen molar-refractivity contribution in [3.05, 3.63) is 35.7 Å². The van der Waals surface area contributed by atoms with E-state index in [0.717, 1.165) is 5.56 Å². The maximum absolute atomic E-state index is 11.5. The molecule has 0 saturated carbocycles. The number of hydrogen-bond acceptors (Lipinski definition) is 4. The SMILES string of the molecule is CCc1nc(-c2cccc(C(=O)NC)c2)no1. The number of aromatic nitrogens is 2. The average molecular weight is 231 g/mol. The predicted molar refractivity (Wildman–Crippen MR) is 62.5 cm³/mol. The van der Waals surface area contributed by atoms with Gasteiger partial charge in [0.1, 0.15) is 0 Å². The Labute approximate surface area is 98.8 Å². The molecule has 0 atom stereocenters. The number of amides is 1. The third-order valence-corrected chi connectivity index (χ3v) is 2.38. The Bertz CT molecular complexity index is 534. The maximum atomic E-state index is 11.5. The van der Waals surface area contributed by atoms with Gasteiger partial charge in [0.15, 0.2) is 0 Å². The highest BCUT2D eigenvalue weighted by molar-refractivity contribution is 5.95. The van der Waals surface area contributed by atoms with Crippen LogP contribution in [0.2, 0.25) is 0 Å². The van der Waals surface area contributed by atoms with E-state index in [1.54, 1.807) is 25.2 Å².